The first-order chi connectivity index (χ1) is 12.8. The smallest absolute Gasteiger partial charge is 0.191 e. The maximum Gasteiger partial charge on any atom is 0.191 e. The van der Waals surface area contributed by atoms with Crippen molar-refractivity contribution in [2.24, 2.45) is 4.99 Å². The van der Waals surface area contributed by atoms with Gasteiger partial charge < -0.3 is 15.7 Å². The molecular formula is C22H30IN3O. The van der Waals surface area contributed by atoms with Crippen molar-refractivity contribution in [3.8, 4) is 0 Å². The third kappa shape index (κ3) is 5.94. The van der Waals surface area contributed by atoms with Gasteiger partial charge in [0.25, 0.3) is 0 Å². The van der Waals surface area contributed by atoms with Crippen molar-refractivity contribution in [1.29, 1.82) is 0 Å². The molecule has 5 heteroatoms. The van der Waals surface area contributed by atoms with Crippen molar-refractivity contribution in [2.75, 3.05) is 26.7 Å². The molecule has 27 heavy (non-hydrogen) atoms. The molecule has 0 radical (unpaired) electrons. The SMILES string of the molecule is CN=C(NCC(CO)c1ccccc1)NCC1CCCc2ccccc21.I. The van der Waals surface area contributed by atoms with Crippen LogP contribution in [0, 0.1) is 0 Å². The van der Waals surface area contributed by atoms with Gasteiger partial charge in [-0.3, -0.25) is 4.99 Å². The lowest BCUT2D eigenvalue weighted by Crippen LogP contribution is -2.41. The van der Waals surface area contributed by atoms with Crippen molar-refractivity contribution in [2.45, 2.75) is 31.1 Å². The van der Waals surface area contributed by atoms with Gasteiger partial charge in [-0.2, -0.15) is 0 Å². The number of halogens is 1. The fourth-order valence-electron chi connectivity index (χ4n) is 3.74. The molecule has 3 rings (SSSR count). The molecular weight excluding hydrogens is 449 g/mol. The van der Waals surface area contributed by atoms with Gasteiger partial charge in [0.2, 0.25) is 0 Å². The predicted molar refractivity (Wildman–Crippen MR) is 123 cm³/mol. The van der Waals surface area contributed by atoms with E-state index in [2.05, 4.69) is 52.0 Å². The number of fused-ring (bicyclic) bond motifs is 1. The summed E-state index contributed by atoms with van der Waals surface area (Å²) in [4.78, 5) is 4.34. The van der Waals surface area contributed by atoms with Crippen molar-refractivity contribution in [3.05, 3.63) is 71.3 Å². The Bertz CT molecular complexity index is 721. The van der Waals surface area contributed by atoms with Crippen LogP contribution in [-0.4, -0.2) is 37.8 Å². The zero-order chi connectivity index (χ0) is 18.2. The summed E-state index contributed by atoms with van der Waals surface area (Å²) in [5.74, 6) is 1.38. The fraction of sp³-hybridized carbons (Fsp3) is 0.409. The number of aliphatic hydroxyl groups excluding tert-OH is 1. The minimum atomic E-state index is 0. The van der Waals surface area contributed by atoms with Crippen LogP contribution in [0.4, 0.5) is 0 Å². The first-order valence-electron chi connectivity index (χ1n) is 9.50. The van der Waals surface area contributed by atoms with Crippen molar-refractivity contribution < 1.29 is 5.11 Å². The van der Waals surface area contributed by atoms with E-state index < -0.39 is 0 Å². The van der Waals surface area contributed by atoms with Gasteiger partial charge in [-0.1, -0.05) is 54.6 Å². The third-order valence-corrected chi connectivity index (χ3v) is 5.24. The Hall–Kier alpha value is -1.60. The molecule has 2 aromatic carbocycles. The van der Waals surface area contributed by atoms with Gasteiger partial charge >= 0.3 is 0 Å². The van der Waals surface area contributed by atoms with E-state index in [9.17, 15) is 5.11 Å². The number of hydrogen-bond donors (Lipinski definition) is 3. The van der Waals surface area contributed by atoms with Gasteiger partial charge in [0, 0.05) is 32.0 Å². The average Bonchev–Trinajstić information content (AvgIpc) is 2.71. The summed E-state index contributed by atoms with van der Waals surface area (Å²) in [5.41, 5.74) is 4.09. The lowest BCUT2D eigenvalue weighted by Gasteiger charge is -2.26. The van der Waals surface area contributed by atoms with Crippen molar-refractivity contribution in [1.82, 2.24) is 10.6 Å². The standard InChI is InChI=1S/C22H29N3O.HI/c1-23-22(25-15-20(16-26)17-8-3-2-4-9-17)24-14-19-12-7-11-18-10-5-6-13-21(18)19;/h2-6,8-10,13,19-20,26H,7,11-12,14-16H2,1H3,(H2,23,24,25);1H. The topological polar surface area (TPSA) is 56.7 Å². The number of aryl methyl sites for hydroxylation is 1. The summed E-state index contributed by atoms with van der Waals surface area (Å²) in [7, 11) is 1.79. The Morgan fingerprint density at radius 2 is 1.85 bits per heavy atom. The summed E-state index contributed by atoms with van der Waals surface area (Å²) in [6.07, 6.45) is 3.65. The predicted octanol–water partition coefficient (Wildman–Crippen LogP) is 3.67. The maximum atomic E-state index is 9.71. The van der Waals surface area contributed by atoms with Crippen molar-refractivity contribution >= 4 is 29.9 Å². The van der Waals surface area contributed by atoms with Crippen LogP contribution >= 0.6 is 24.0 Å². The molecule has 0 saturated heterocycles. The van der Waals surface area contributed by atoms with E-state index in [0.29, 0.717) is 12.5 Å². The van der Waals surface area contributed by atoms with Crippen LogP contribution in [-0.2, 0) is 6.42 Å². The second-order valence-corrected chi connectivity index (χ2v) is 6.91. The van der Waals surface area contributed by atoms with Crippen LogP contribution in [0.2, 0.25) is 0 Å². The average molecular weight is 479 g/mol. The van der Waals surface area contributed by atoms with Crippen molar-refractivity contribution in [3.63, 3.8) is 0 Å². The zero-order valence-electron chi connectivity index (χ0n) is 15.9. The zero-order valence-corrected chi connectivity index (χ0v) is 18.2. The minimum absolute atomic E-state index is 0. The van der Waals surface area contributed by atoms with Crippen LogP contribution in [0.5, 0.6) is 0 Å². The minimum Gasteiger partial charge on any atom is -0.396 e. The Morgan fingerprint density at radius 3 is 2.59 bits per heavy atom. The van der Waals surface area contributed by atoms with E-state index in [1.807, 2.05) is 18.2 Å². The Kier molecular flexibility index (Phi) is 9.07. The molecule has 3 N–H and O–H groups in total. The van der Waals surface area contributed by atoms with E-state index >= 15 is 0 Å². The monoisotopic (exact) mass is 479 g/mol. The number of rotatable bonds is 6. The molecule has 0 aromatic heterocycles. The van der Waals surface area contributed by atoms with Gasteiger partial charge in [0.1, 0.15) is 0 Å². The van der Waals surface area contributed by atoms with Gasteiger partial charge in [-0.25, -0.2) is 0 Å². The molecule has 0 saturated carbocycles. The second-order valence-electron chi connectivity index (χ2n) is 6.91. The summed E-state index contributed by atoms with van der Waals surface area (Å²) >= 11 is 0. The molecule has 0 aliphatic heterocycles. The highest BCUT2D eigenvalue weighted by Crippen LogP contribution is 2.30. The molecule has 0 heterocycles. The van der Waals surface area contributed by atoms with Crippen LogP contribution in [0.15, 0.2) is 59.6 Å². The molecule has 1 aliphatic carbocycles. The van der Waals surface area contributed by atoms with Crippen LogP contribution in [0.1, 0.15) is 41.4 Å². The molecule has 0 fully saturated rings. The molecule has 0 spiro atoms. The third-order valence-electron chi connectivity index (χ3n) is 5.24. The number of aliphatic imine (C=N–C) groups is 1. The van der Waals surface area contributed by atoms with Crippen LogP contribution < -0.4 is 10.6 Å². The molecule has 2 aromatic rings. The van der Waals surface area contributed by atoms with Gasteiger partial charge in [-0.15, -0.1) is 24.0 Å². The van der Waals surface area contributed by atoms with Crippen LogP contribution in [0.3, 0.4) is 0 Å². The number of nitrogens with zero attached hydrogens (tertiary/aromatic N) is 1. The quantitative estimate of drug-likeness (QED) is 0.337. The highest BCUT2D eigenvalue weighted by atomic mass is 127. The molecule has 146 valence electrons. The lowest BCUT2D eigenvalue weighted by molar-refractivity contribution is 0.265. The van der Waals surface area contributed by atoms with E-state index in [-0.39, 0.29) is 36.5 Å². The number of benzene rings is 2. The Morgan fingerprint density at radius 1 is 1.11 bits per heavy atom. The highest BCUT2D eigenvalue weighted by Gasteiger charge is 2.20. The second kappa shape index (κ2) is 11.3. The summed E-state index contributed by atoms with van der Waals surface area (Å²) in [6, 6.07) is 18.9. The number of guanidine groups is 1. The first kappa shape index (κ1) is 21.7. The van der Waals surface area contributed by atoms with E-state index in [1.165, 1.54) is 30.4 Å². The van der Waals surface area contributed by atoms with Crippen LogP contribution in [0.25, 0.3) is 0 Å². The lowest BCUT2D eigenvalue weighted by atomic mass is 9.83. The molecule has 0 amide bonds. The van der Waals surface area contributed by atoms with Gasteiger partial charge in [-0.05, 0) is 36.0 Å². The summed E-state index contributed by atoms with van der Waals surface area (Å²) < 4.78 is 0. The molecule has 1 aliphatic rings. The Labute approximate surface area is 179 Å². The van der Waals surface area contributed by atoms with E-state index in [1.54, 1.807) is 7.05 Å². The molecule has 4 nitrogen and oxygen atoms in total. The number of hydrogen-bond acceptors (Lipinski definition) is 2. The summed E-state index contributed by atoms with van der Waals surface area (Å²) in [5, 5.41) is 16.5. The maximum absolute atomic E-state index is 9.71. The van der Waals surface area contributed by atoms with Gasteiger partial charge in [0.05, 0.1) is 6.61 Å². The normalized spacial score (nSPS) is 17.4. The molecule has 0 bridgehead atoms. The largest absolute Gasteiger partial charge is 0.396 e. The first-order valence-corrected chi connectivity index (χ1v) is 9.50. The van der Waals surface area contributed by atoms with Gasteiger partial charge in [0.15, 0.2) is 5.96 Å². The molecule has 2 atom stereocenters. The number of aliphatic hydroxyl groups is 1. The fourth-order valence-corrected chi connectivity index (χ4v) is 3.74. The van der Waals surface area contributed by atoms with E-state index in [0.717, 1.165) is 18.1 Å². The van der Waals surface area contributed by atoms with E-state index in [4.69, 9.17) is 0 Å². The summed E-state index contributed by atoms with van der Waals surface area (Å²) in [6.45, 7) is 1.65. The highest BCUT2D eigenvalue weighted by molar-refractivity contribution is 14.0. The molecule has 2 unspecified atom stereocenters. The number of nitrogens with one attached hydrogen (secondary N) is 2. The Balaban J connectivity index is 0.00000261.